The van der Waals surface area contributed by atoms with Gasteiger partial charge in [0.05, 0.1) is 37.9 Å². The van der Waals surface area contributed by atoms with E-state index in [0.717, 1.165) is 54.7 Å². The Labute approximate surface area is 443 Å². The maximum absolute atomic E-state index is 13.0. The molecule has 1 saturated heterocycles. The highest BCUT2D eigenvalue weighted by molar-refractivity contribution is 8.13. The summed E-state index contributed by atoms with van der Waals surface area (Å²) in [6.07, 6.45) is -1.83. The summed E-state index contributed by atoms with van der Waals surface area (Å²) >= 11 is 1.10. The number of nitrogens with two attached hydrogens (primary N) is 1. The molecule has 4 saturated carbocycles. The third-order valence-electron chi connectivity index (χ3n) is 17.1. The van der Waals surface area contributed by atoms with Crippen LogP contribution in [0.5, 0.6) is 0 Å². The number of ether oxygens (including phenoxy) is 1. The molecule has 3 heterocycles. The summed E-state index contributed by atoms with van der Waals surface area (Å²) in [5, 5.41) is 60.6. The van der Waals surface area contributed by atoms with Gasteiger partial charge in [0.2, 0.25) is 11.8 Å². The first-order valence-corrected chi connectivity index (χ1v) is 31.0. The molecule has 13 N–H and O–H groups in total. The summed E-state index contributed by atoms with van der Waals surface area (Å²) in [6, 6.07) is 0. The van der Waals surface area contributed by atoms with Crippen molar-refractivity contribution in [3.05, 3.63) is 12.7 Å². The molecule has 0 bridgehead atoms. The van der Waals surface area contributed by atoms with Gasteiger partial charge in [0.1, 0.15) is 36.3 Å². The van der Waals surface area contributed by atoms with E-state index in [4.69, 9.17) is 19.5 Å². The van der Waals surface area contributed by atoms with Gasteiger partial charge in [0.25, 0.3) is 0 Å². The Morgan fingerprint density at radius 2 is 1.66 bits per heavy atom. The van der Waals surface area contributed by atoms with Crippen LogP contribution in [0.3, 0.4) is 0 Å². The van der Waals surface area contributed by atoms with E-state index < -0.39 is 96.8 Å². The highest BCUT2D eigenvalue weighted by Crippen LogP contribution is 2.68. The fraction of sp³-hybridized carbons (Fsp3) is 0.822. The van der Waals surface area contributed by atoms with Gasteiger partial charge in [0.15, 0.2) is 22.8 Å². The first-order valence-electron chi connectivity index (χ1n) is 25.5. The molecule has 18 atom stereocenters. The largest absolute Gasteiger partial charge is 0.481 e. The molecule has 0 spiro atoms. The number of rotatable bonds is 23. The van der Waals surface area contributed by atoms with Crippen molar-refractivity contribution >= 4 is 69.1 Å². The van der Waals surface area contributed by atoms with Crippen molar-refractivity contribution in [2.45, 2.75) is 148 Å². The molecule has 4 aliphatic carbocycles. The van der Waals surface area contributed by atoms with Crippen molar-refractivity contribution in [2.75, 3.05) is 37.8 Å². The molecule has 2 aromatic rings. The average Bonchev–Trinajstić information content (AvgIpc) is 4.03. The van der Waals surface area contributed by atoms with E-state index in [1.54, 1.807) is 0 Å². The molecule has 31 heteroatoms. The minimum absolute atomic E-state index is 0.0137. The topological polar surface area (TPSA) is 424 Å². The first-order chi connectivity index (χ1) is 35.4. The first kappa shape index (κ1) is 61.1. The van der Waals surface area contributed by atoms with E-state index in [-0.39, 0.29) is 94.0 Å². The summed E-state index contributed by atoms with van der Waals surface area (Å²) in [4.78, 5) is 89.7. The maximum Gasteiger partial charge on any atom is 0.481 e. The number of aromatic nitrogens is 4. The number of nitrogens with one attached hydrogen (secondary N) is 2. The second-order valence-corrected chi connectivity index (χ2v) is 27.7. The molecule has 2 amide bonds. The number of imidazole rings is 1. The molecule has 7 rings (SSSR count). The number of phosphoric ester groups is 3. The number of carbonyl (C=O) groups excluding carboxylic acids is 3. The van der Waals surface area contributed by atoms with Gasteiger partial charge >= 0.3 is 23.5 Å². The maximum atomic E-state index is 13.0. The lowest BCUT2D eigenvalue weighted by molar-refractivity contribution is -0.207. The number of nitrogens with zero attached hydrogens (tertiary/aromatic N) is 4. The Hall–Kier alpha value is -2.56. The van der Waals surface area contributed by atoms with Crippen LogP contribution in [0.2, 0.25) is 0 Å². The molecular weight excluding hydrogens is 1080 g/mol. The van der Waals surface area contributed by atoms with Crippen molar-refractivity contribution in [3.63, 3.8) is 0 Å². The van der Waals surface area contributed by atoms with E-state index in [0.29, 0.717) is 37.9 Å². The van der Waals surface area contributed by atoms with E-state index in [2.05, 4.69) is 55.2 Å². The molecular formula is C45H74N7O20P3S. The Morgan fingerprint density at radius 1 is 0.947 bits per heavy atom. The molecule has 2 unspecified atom stereocenters. The lowest BCUT2D eigenvalue weighted by Gasteiger charge is -2.63. The lowest BCUT2D eigenvalue weighted by Crippen LogP contribution is -2.62. The number of nitrogen functional groups attached to an aromatic ring is 1. The van der Waals surface area contributed by atoms with Crippen LogP contribution in [-0.4, -0.2) is 156 Å². The minimum Gasteiger partial charge on any atom is -0.393 e. The predicted molar refractivity (Wildman–Crippen MR) is 269 cm³/mol. The molecule has 0 aromatic carbocycles. The average molecular weight is 1160 g/mol. The van der Waals surface area contributed by atoms with Crippen molar-refractivity contribution in [1.82, 2.24) is 30.2 Å². The zero-order valence-electron chi connectivity index (χ0n) is 43.0. The molecule has 5 aliphatic rings. The molecule has 76 heavy (non-hydrogen) atoms. The minimum atomic E-state index is -5.60. The predicted octanol–water partition coefficient (Wildman–Crippen LogP) is 2.04. The standard InChI is InChI=1S/C45H74N7O20P3S/c1-23(26-7-8-27-34-28(18-31(55)45(26,27)5)44(4)12-10-25(53)16-24(44)17-29(34)54)6-9-33(57)76-15-14-47-32(56)11-13-48-41(60)38(59)43(2,3)20-69-75(66,67)72-74(64,65)68-19-30-37(71-73(61,62)63)36(58)42(70-30)52-22-51-35-39(46)49-21-50-40(35)52/h21-31,34,36-38,42,53-55,58-59H,6-20H2,1-5H3,(H,47,56)(H,48,60)(H,64,65)(H,66,67)(H2,46,49,50)(H2,61,62,63)/t23-,24+,25-,26-,27+,28+,29-,30-,31+,34+,36-,37+,38+,42-,44+,45-/m1/s1. The number of aliphatic hydroxyl groups excluding tert-OH is 5. The van der Waals surface area contributed by atoms with Crippen LogP contribution in [0.15, 0.2) is 12.7 Å². The van der Waals surface area contributed by atoms with Crippen LogP contribution in [0.1, 0.15) is 105 Å². The van der Waals surface area contributed by atoms with Gasteiger partial charge in [0, 0.05) is 37.1 Å². The fourth-order valence-electron chi connectivity index (χ4n) is 13.0. The highest BCUT2D eigenvalue weighted by atomic mass is 32.2. The summed E-state index contributed by atoms with van der Waals surface area (Å²) in [5.74, 6) is -0.0993. The van der Waals surface area contributed by atoms with Gasteiger partial charge in [-0.15, -0.1) is 0 Å². The summed E-state index contributed by atoms with van der Waals surface area (Å²) in [6.45, 7) is 7.05. The summed E-state index contributed by atoms with van der Waals surface area (Å²) < 4.78 is 62.7. The molecule has 5 fully saturated rings. The van der Waals surface area contributed by atoms with E-state index in [1.807, 2.05) is 0 Å². The van der Waals surface area contributed by atoms with Crippen LogP contribution in [0, 0.1) is 51.8 Å². The van der Waals surface area contributed by atoms with Crippen LogP contribution >= 0.6 is 35.2 Å². The van der Waals surface area contributed by atoms with Crippen LogP contribution < -0.4 is 16.4 Å². The Bertz CT molecular complexity index is 2560. The third-order valence-corrected chi connectivity index (χ3v) is 21.1. The summed E-state index contributed by atoms with van der Waals surface area (Å²) in [7, 11) is -16.5. The highest BCUT2D eigenvalue weighted by Gasteiger charge is 2.66. The molecule has 0 radical (unpaired) electrons. The number of anilines is 1. The quantitative estimate of drug-likeness (QED) is 0.0559. The number of aliphatic hydroxyl groups is 5. The van der Waals surface area contributed by atoms with Crippen molar-refractivity contribution in [2.24, 2.45) is 51.8 Å². The Balaban J connectivity index is 0.784. The van der Waals surface area contributed by atoms with Gasteiger partial charge in [-0.1, -0.05) is 46.4 Å². The summed E-state index contributed by atoms with van der Waals surface area (Å²) in [5.41, 5.74) is 3.86. The Kier molecular flexibility index (Phi) is 19.2. The normalized spacial score (nSPS) is 35.0. The number of hydrogen-bond acceptors (Lipinski definition) is 21. The molecule has 430 valence electrons. The van der Waals surface area contributed by atoms with Gasteiger partial charge in [-0.2, -0.15) is 4.31 Å². The number of carbonyl (C=O) groups is 3. The van der Waals surface area contributed by atoms with Gasteiger partial charge in [-0.05, 0) is 97.7 Å². The number of thioether (sulfide) groups is 1. The van der Waals surface area contributed by atoms with Crippen LogP contribution in [0.25, 0.3) is 11.2 Å². The van der Waals surface area contributed by atoms with Crippen molar-refractivity contribution < 1.29 is 95.8 Å². The van der Waals surface area contributed by atoms with E-state index in [1.165, 1.54) is 13.8 Å². The number of amides is 2. The van der Waals surface area contributed by atoms with Crippen molar-refractivity contribution in [3.8, 4) is 0 Å². The second-order valence-electron chi connectivity index (χ2n) is 22.3. The zero-order valence-corrected chi connectivity index (χ0v) is 46.5. The van der Waals surface area contributed by atoms with Crippen molar-refractivity contribution in [1.29, 1.82) is 0 Å². The van der Waals surface area contributed by atoms with Crippen LogP contribution in [0.4, 0.5) is 5.82 Å². The fourth-order valence-corrected chi connectivity index (χ4v) is 16.6. The zero-order chi connectivity index (χ0) is 55.9. The van der Waals surface area contributed by atoms with E-state index in [9.17, 15) is 73.2 Å². The second kappa shape index (κ2) is 23.9. The monoisotopic (exact) mass is 1160 g/mol. The Morgan fingerprint density at radius 3 is 2.37 bits per heavy atom. The van der Waals surface area contributed by atoms with Crippen LogP contribution in [-0.2, 0) is 50.7 Å². The third kappa shape index (κ3) is 13.6. The van der Waals surface area contributed by atoms with Gasteiger partial charge in [-0.3, -0.25) is 32.5 Å². The van der Waals surface area contributed by atoms with Gasteiger partial charge < -0.3 is 66.2 Å². The smallest absolute Gasteiger partial charge is 0.393 e. The van der Waals surface area contributed by atoms with E-state index >= 15 is 0 Å². The number of phosphoric acid groups is 3. The molecule has 2 aromatic heterocycles. The number of hydrogen-bond donors (Lipinski definition) is 12. The van der Waals surface area contributed by atoms with Gasteiger partial charge in [-0.25, -0.2) is 28.6 Å². The molecule has 1 aliphatic heterocycles. The molecule has 27 nitrogen and oxygen atoms in total. The number of fused-ring (bicyclic) bond motifs is 6. The lowest BCUT2D eigenvalue weighted by atomic mass is 9.43. The SMILES string of the molecule is C[C@H](CCC(=O)SCCNC(=O)CCNC(=O)[C@H](O)C(C)(C)COP(=O)(O)OP(=O)(O)OC[C@H]1O[C@@H](n2cnc3c(N)ncnc32)[C@H](O)[C@H]1OP(=O)(O)O)[C@H]1CC[C@H]2[C@@H]3[C@H](O)C[C@@H]4C[C@H](O)CC[C@]4(C)[C@H]3C[C@H](O)[C@]12C.